The zero-order valence-corrected chi connectivity index (χ0v) is 14.3. The standard InChI is InChI=1S/C19H22N2O3/c1-19(2,3)13-7-10-16(24-4)15(11-13)18(23)21-14-8-5-12(6-9-14)17(20)22/h5-11H,1-4H3,(H2,20,22)(H,21,23). The van der Waals surface area contributed by atoms with E-state index in [1.54, 1.807) is 30.3 Å². The van der Waals surface area contributed by atoms with Crippen molar-refractivity contribution in [2.24, 2.45) is 5.73 Å². The summed E-state index contributed by atoms with van der Waals surface area (Å²) in [5.41, 5.74) is 7.60. The summed E-state index contributed by atoms with van der Waals surface area (Å²) in [6.45, 7) is 6.25. The van der Waals surface area contributed by atoms with Crippen LogP contribution in [0.2, 0.25) is 0 Å². The van der Waals surface area contributed by atoms with Gasteiger partial charge in [0.05, 0.1) is 12.7 Å². The number of anilines is 1. The summed E-state index contributed by atoms with van der Waals surface area (Å²) in [5, 5.41) is 2.81. The van der Waals surface area contributed by atoms with E-state index >= 15 is 0 Å². The molecule has 5 nitrogen and oxygen atoms in total. The van der Waals surface area contributed by atoms with E-state index in [0.717, 1.165) is 5.56 Å². The first-order chi connectivity index (χ1) is 11.2. The average molecular weight is 326 g/mol. The van der Waals surface area contributed by atoms with Gasteiger partial charge in [-0.2, -0.15) is 0 Å². The number of nitrogens with two attached hydrogens (primary N) is 1. The lowest BCUT2D eigenvalue weighted by molar-refractivity contribution is 0.0998. The maximum atomic E-state index is 12.6. The van der Waals surface area contributed by atoms with Crippen molar-refractivity contribution in [3.63, 3.8) is 0 Å². The summed E-state index contributed by atoms with van der Waals surface area (Å²) in [6.07, 6.45) is 0. The van der Waals surface area contributed by atoms with Crippen molar-refractivity contribution in [1.29, 1.82) is 0 Å². The van der Waals surface area contributed by atoms with Gasteiger partial charge in [0, 0.05) is 11.3 Å². The molecule has 0 aromatic heterocycles. The van der Waals surface area contributed by atoms with Crippen LogP contribution in [-0.2, 0) is 5.41 Å². The molecule has 0 atom stereocenters. The molecule has 126 valence electrons. The summed E-state index contributed by atoms with van der Waals surface area (Å²) < 4.78 is 5.30. The van der Waals surface area contributed by atoms with Crippen molar-refractivity contribution < 1.29 is 14.3 Å². The minimum atomic E-state index is -0.507. The predicted molar refractivity (Wildman–Crippen MR) is 94.6 cm³/mol. The van der Waals surface area contributed by atoms with E-state index in [9.17, 15) is 9.59 Å². The van der Waals surface area contributed by atoms with E-state index in [1.807, 2.05) is 12.1 Å². The highest BCUT2D eigenvalue weighted by molar-refractivity contribution is 6.06. The monoisotopic (exact) mass is 326 g/mol. The van der Waals surface area contributed by atoms with Crippen LogP contribution in [0.5, 0.6) is 5.75 Å². The molecule has 0 bridgehead atoms. The third-order valence-electron chi connectivity index (χ3n) is 3.74. The maximum Gasteiger partial charge on any atom is 0.259 e. The number of carbonyl (C=O) groups excluding carboxylic acids is 2. The first-order valence-electron chi connectivity index (χ1n) is 7.62. The minimum absolute atomic E-state index is 0.0789. The Balaban J connectivity index is 2.29. The van der Waals surface area contributed by atoms with Crippen molar-refractivity contribution in [1.82, 2.24) is 0 Å². The van der Waals surface area contributed by atoms with E-state index in [4.69, 9.17) is 10.5 Å². The van der Waals surface area contributed by atoms with Crippen LogP contribution in [0.4, 0.5) is 5.69 Å². The zero-order chi connectivity index (χ0) is 17.9. The quantitative estimate of drug-likeness (QED) is 0.904. The van der Waals surface area contributed by atoms with Crippen molar-refractivity contribution in [2.75, 3.05) is 12.4 Å². The maximum absolute atomic E-state index is 12.6. The number of methoxy groups -OCH3 is 1. The van der Waals surface area contributed by atoms with Gasteiger partial charge in [0.25, 0.3) is 5.91 Å². The Morgan fingerprint density at radius 2 is 1.67 bits per heavy atom. The Morgan fingerprint density at radius 1 is 1.04 bits per heavy atom. The summed E-state index contributed by atoms with van der Waals surface area (Å²) in [4.78, 5) is 23.7. The SMILES string of the molecule is COc1ccc(C(C)(C)C)cc1C(=O)Nc1ccc(C(N)=O)cc1. The number of primary amides is 1. The van der Waals surface area contributed by atoms with Crippen molar-refractivity contribution in [3.8, 4) is 5.75 Å². The lowest BCUT2D eigenvalue weighted by Gasteiger charge is -2.21. The molecule has 3 N–H and O–H groups in total. The Labute approximate surface area is 141 Å². The number of amides is 2. The molecule has 2 aromatic carbocycles. The largest absolute Gasteiger partial charge is 0.496 e. The second-order valence-corrected chi connectivity index (χ2v) is 6.56. The van der Waals surface area contributed by atoms with Gasteiger partial charge in [0.15, 0.2) is 0 Å². The third-order valence-corrected chi connectivity index (χ3v) is 3.74. The van der Waals surface area contributed by atoms with Gasteiger partial charge < -0.3 is 15.8 Å². The van der Waals surface area contributed by atoms with Crippen LogP contribution in [0.15, 0.2) is 42.5 Å². The van der Waals surface area contributed by atoms with Gasteiger partial charge in [-0.3, -0.25) is 9.59 Å². The molecule has 0 aliphatic heterocycles. The Morgan fingerprint density at radius 3 is 2.17 bits per heavy atom. The third kappa shape index (κ3) is 3.93. The number of ether oxygens (including phenoxy) is 1. The Kier molecular flexibility index (Phi) is 4.93. The molecule has 0 unspecified atom stereocenters. The molecule has 0 radical (unpaired) electrons. The van der Waals surface area contributed by atoms with Crippen molar-refractivity contribution in [2.45, 2.75) is 26.2 Å². The van der Waals surface area contributed by atoms with Crippen LogP contribution in [-0.4, -0.2) is 18.9 Å². The first kappa shape index (κ1) is 17.5. The van der Waals surface area contributed by atoms with E-state index in [1.165, 1.54) is 7.11 Å². The van der Waals surface area contributed by atoms with Gasteiger partial charge in [0.1, 0.15) is 5.75 Å². The average Bonchev–Trinajstić information content (AvgIpc) is 2.53. The van der Waals surface area contributed by atoms with E-state index < -0.39 is 5.91 Å². The van der Waals surface area contributed by atoms with Crippen molar-refractivity contribution >= 4 is 17.5 Å². The second-order valence-electron chi connectivity index (χ2n) is 6.56. The van der Waals surface area contributed by atoms with Gasteiger partial charge in [-0.05, 0) is 47.4 Å². The summed E-state index contributed by atoms with van der Waals surface area (Å²) >= 11 is 0. The second kappa shape index (κ2) is 6.74. The molecule has 0 spiro atoms. The van der Waals surface area contributed by atoms with Crippen LogP contribution in [0.3, 0.4) is 0 Å². The summed E-state index contributed by atoms with van der Waals surface area (Å²) in [5.74, 6) is -0.272. The van der Waals surface area contributed by atoms with Gasteiger partial charge in [-0.1, -0.05) is 26.8 Å². The smallest absolute Gasteiger partial charge is 0.259 e. The molecule has 5 heteroatoms. The molecule has 2 amide bonds. The topological polar surface area (TPSA) is 81.4 Å². The zero-order valence-electron chi connectivity index (χ0n) is 14.3. The van der Waals surface area contributed by atoms with E-state index in [-0.39, 0.29) is 11.3 Å². The molecule has 0 saturated carbocycles. The molecule has 0 heterocycles. The molecule has 2 rings (SSSR count). The fourth-order valence-electron chi connectivity index (χ4n) is 2.27. The fourth-order valence-corrected chi connectivity index (χ4v) is 2.27. The highest BCUT2D eigenvalue weighted by Crippen LogP contribution is 2.28. The summed E-state index contributed by atoms with van der Waals surface area (Å²) in [7, 11) is 1.53. The Hall–Kier alpha value is -2.82. The fraction of sp³-hybridized carbons (Fsp3) is 0.263. The highest BCUT2D eigenvalue weighted by Gasteiger charge is 2.19. The van der Waals surface area contributed by atoms with Crippen LogP contribution in [0.1, 0.15) is 47.1 Å². The molecular weight excluding hydrogens is 304 g/mol. The van der Waals surface area contributed by atoms with Crippen LogP contribution < -0.4 is 15.8 Å². The number of benzene rings is 2. The number of hydrogen-bond acceptors (Lipinski definition) is 3. The molecule has 0 aliphatic carbocycles. The number of rotatable bonds is 4. The van der Waals surface area contributed by atoms with Crippen molar-refractivity contribution in [3.05, 3.63) is 59.2 Å². The molecule has 0 fully saturated rings. The lowest BCUT2D eigenvalue weighted by atomic mass is 9.86. The lowest BCUT2D eigenvalue weighted by Crippen LogP contribution is -2.17. The Bertz CT molecular complexity index is 759. The highest BCUT2D eigenvalue weighted by atomic mass is 16.5. The van der Waals surface area contributed by atoms with Gasteiger partial charge in [-0.25, -0.2) is 0 Å². The first-order valence-corrected chi connectivity index (χ1v) is 7.62. The molecule has 2 aromatic rings. The molecular formula is C19H22N2O3. The van der Waals surface area contributed by atoms with E-state index in [2.05, 4.69) is 26.1 Å². The predicted octanol–water partition coefficient (Wildman–Crippen LogP) is 3.34. The number of nitrogens with one attached hydrogen (secondary N) is 1. The normalized spacial score (nSPS) is 11.0. The minimum Gasteiger partial charge on any atom is -0.496 e. The van der Waals surface area contributed by atoms with E-state index in [0.29, 0.717) is 22.6 Å². The number of hydrogen-bond donors (Lipinski definition) is 2. The molecule has 0 aliphatic rings. The van der Waals surface area contributed by atoms with Gasteiger partial charge in [-0.15, -0.1) is 0 Å². The molecule has 0 saturated heterocycles. The summed E-state index contributed by atoms with van der Waals surface area (Å²) in [6, 6.07) is 12.0. The van der Waals surface area contributed by atoms with Gasteiger partial charge >= 0.3 is 0 Å². The van der Waals surface area contributed by atoms with Crippen LogP contribution in [0.25, 0.3) is 0 Å². The van der Waals surface area contributed by atoms with Gasteiger partial charge in [0.2, 0.25) is 5.91 Å². The van der Waals surface area contributed by atoms with Crippen LogP contribution in [0, 0.1) is 0 Å². The molecule has 24 heavy (non-hydrogen) atoms. The number of carbonyl (C=O) groups is 2. The van der Waals surface area contributed by atoms with Crippen LogP contribution >= 0.6 is 0 Å².